The third kappa shape index (κ3) is 7.08. The van der Waals surface area contributed by atoms with E-state index in [1.165, 1.54) is 0 Å². The summed E-state index contributed by atoms with van der Waals surface area (Å²) in [4.78, 5) is 12.2. The van der Waals surface area contributed by atoms with Gasteiger partial charge in [0.25, 0.3) is 5.91 Å². The summed E-state index contributed by atoms with van der Waals surface area (Å²) in [5.74, 6) is -0.705. The maximum absolute atomic E-state index is 13.0. The summed E-state index contributed by atoms with van der Waals surface area (Å²) in [7, 11) is -3.72. The molecule has 2 N–H and O–H groups in total. The second kappa shape index (κ2) is 8.87. The summed E-state index contributed by atoms with van der Waals surface area (Å²) in [6, 6.07) is 8.28. The molecule has 0 spiro atoms. The van der Waals surface area contributed by atoms with Crippen LogP contribution in [0.2, 0.25) is 0 Å². The van der Waals surface area contributed by atoms with Crippen LogP contribution < -0.4 is 9.58 Å². The molecule has 2 atom stereocenters. The standard InChI is InChI=1S/C14H23N2O4PS2/c1-4-11-23(19,20)16-21(18,22-12(3)5-2)15-14(17)13-9-7-6-8-10-13/h6-10,12H,4-5,11H2,1-3H3,(H2,15,16,17,18). The highest BCUT2D eigenvalue weighted by atomic mass is 32.7. The van der Waals surface area contributed by atoms with Crippen LogP contribution >= 0.6 is 18.0 Å². The third-order valence-corrected chi connectivity index (χ3v) is 10.3. The summed E-state index contributed by atoms with van der Waals surface area (Å²) in [6.45, 7) is 1.77. The molecule has 1 rings (SSSR count). The van der Waals surface area contributed by atoms with Crippen LogP contribution in [0.15, 0.2) is 30.3 Å². The van der Waals surface area contributed by atoms with Gasteiger partial charge in [-0.15, -0.1) is 4.49 Å². The van der Waals surface area contributed by atoms with E-state index in [2.05, 4.69) is 9.58 Å². The first-order chi connectivity index (χ1) is 10.7. The van der Waals surface area contributed by atoms with Gasteiger partial charge in [0.05, 0.1) is 5.75 Å². The van der Waals surface area contributed by atoms with Crippen molar-refractivity contribution in [3.05, 3.63) is 35.9 Å². The maximum Gasteiger partial charge on any atom is 0.305 e. The fraction of sp³-hybridized carbons (Fsp3) is 0.500. The molecule has 0 bridgehead atoms. The molecule has 0 radical (unpaired) electrons. The molecule has 0 saturated carbocycles. The van der Waals surface area contributed by atoms with E-state index in [1.54, 1.807) is 37.3 Å². The first-order valence-electron chi connectivity index (χ1n) is 7.39. The Bertz CT molecular complexity index is 665. The lowest BCUT2D eigenvalue weighted by Gasteiger charge is -2.22. The van der Waals surface area contributed by atoms with E-state index >= 15 is 0 Å². The van der Waals surface area contributed by atoms with E-state index in [-0.39, 0.29) is 11.0 Å². The maximum atomic E-state index is 13.0. The van der Waals surface area contributed by atoms with Crippen molar-refractivity contribution in [3.63, 3.8) is 0 Å². The summed E-state index contributed by atoms with van der Waals surface area (Å²) in [5, 5.41) is 2.31. The van der Waals surface area contributed by atoms with Crippen molar-refractivity contribution in [2.75, 3.05) is 5.75 Å². The lowest BCUT2D eigenvalue weighted by molar-refractivity contribution is 0.0981. The van der Waals surface area contributed by atoms with Crippen molar-refractivity contribution < 1.29 is 17.8 Å². The van der Waals surface area contributed by atoms with Gasteiger partial charge in [-0.05, 0) is 25.0 Å². The predicted molar refractivity (Wildman–Crippen MR) is 96.1 cm³/mol. The first-order valence-corrected chi connectivity index (χ1v) is 12.2. The molecule has 1 aromatic rings. The normalized spacial score (nSPS) is 15.6. The number of hydrogen-bond acceptors (Lipinski definition) is 5. The van der Waals surface area contributed by atoms with E-state index in [0.29, 0.717) is 18.4 Å². The fourth-order valence-corrected chi connectivity index (χ4v) is 9.29. The van der Waals surface area contributed by atoms with Gasteiger partial charge in [-0.25, -0.2) is 8.42 Å². The molecule has 0 aromatic heterocycles. The molecule has 6 nitrogen and oxygen atoms in total. The van der Waals surface area contributed by atoms with Gasteiger partial charge in [-0.2, -0.15) is 0 Å². The molecule has 9 heteroatoms. The van der Waals surface area contributed by atoms with Crippen molar-refractivity contribution in [2.45, 2.75) is 38.9 Å². The Morgan fingerprint density at radius 1 is 1.26 bits per heavy atom. The quantitative estimate of drug-likeness (QED) is 0.643. The van der Waals surface area contributed by atoms with Crippen molar-refractivity contribution in [1.29, 1.82) is 0 Å². The Hall–Kier alpha value is -0.820. The lowest BCUT2D eigenvalue weighted by Crippen LogP contribution is -2.32. The van der Waals surface area contributed by atoms with E-state index in [9.17, 15) is 17.8 Å². The van der Waals surface area contributed by atoms with Crippen molar-refractivity contribution in [3.8, 4) is 0 Å². The van der Waals surface area contributed by atoms with Gasteiger partial charge in [-0.1, -0.05) is 50.4 Å². The van der Waals surface area contributed by atoms with Crippen LogP contribution in [0.25, 0.3) is 0 Å². The zero-order valence-electron chi connectivity index (χ0n) is 13.5. The zero-order chi connectivity index (χ0) is 17.5. The number of hydrogen-bond donors (Lipinski definition) is 2. The van der Waals surface area contributed by atoms with Crippen LogP contribution in [0.5, 0.6) is 0 Å². The molecule has 0 saturated heterocycles. The third-order valence-electron chi connectivity index (χ3n) is 2.92. The van der Waals surface area contributed by atoms with Gasteiger partial charge in [0.2, 0.25) is 10.0 Å². The fourth-order valence-electron chi connectivity index (χ4n) is 1.68. The van der Waals surface area contributed by atoms with Crippen molar-refractivity contribution in [2.24, 2.45) is 0 Å². The highest BCUT2D eigenvalue weighted by Crippen LogP contribution is 2.54. The van der Waals surface area contributed by atoms with Crippen LogP contribution in [0.3, 0.4) is 0 Å². The summed E-state index contributed by atoms with van der Waals surface area (Å²) in [6.07, 6.45) is 1.10. The van der Waals surface area contributed by atoms with Gasteiger partial charge in [0, 0.05) is 10.8 Å². The molecule has 2 unspecified atom stereocenters. The zero-order valence-corrected chi connectivity index (χ0v) is 16.0. The molecule has 1 aromatic carbocycles. The minimum absolute atomic E-state index is 0.0683. The summed E-state index contributed by atoms with van der Waals surface area (Å²) >= 11 is 0.956. The molecule has 0 heterocycles. The minimum Gasteiger partial charge on any atom is -0.282 e. The van der Waals surface area contributed by atoms with Gasteiger partial charge < -0.3 is 0 Å². The molecule has 0 aliphatic heterocycles. The van der Waals surface area contributed by atoms with E-state index in [4.69, 9.17) is 0 Å². The van der Waals surface area contributed by atoms with Crippen LogP contribution in [0.1, 0.15) is 44.0 Å². The number of sulfonamides is 1. The van der Waals surface area contributed by atoms with Crippen LogP contribution in [0, 0.1) is 0 Å². The SMILES string of the molecule is CCCS(=O)(=O)NP(=O)(NC(=O)c1ccccc1)SC(C)CC. The molecule has 130 valence electrons. The number of amides is 1. The monoisotopic (exact) mass is 378 g/mol. The largest absolute Gasteiger partial charge is 0.305 e. The Kier molecular flexibility index (Phi) is 7.80. The second-order valence-corrected chi connectivity index (χ2v) is 12.0. The van der Waals surface area contributed by atoms with Crippen molar-refractivity contribution >= 4 is 34.0 Å². The van der Waals surface area contributed by atoms with Crippen LogP contribution in [-0.4, -0.2) is 25.3 Å². The second-order valence-electron chi connectivity index (χ2n) is 5.09. The van der Waals surface area contributed by atoms with E-state index < -0.39 is 22.6 Å². The molecular weight excluding hydrogens is 355 g/mol. The van der Waals surface area contributed by atoms with Gasteiger partial charge in [-0.3, -0.25) is 14.4 Å². The van der Waals surface area contributed by atoms with Crippen LogP contribution in [0.4, 0.5) is 0 Å². The molecule has 23 heavy (non-hydrogen) atoms. The molecule has 0 aliphatic carbocycles. The number of rotatable bonds is 9. The minimum atomic E-state index is -3.72. The number of nitrogens with one attached hydrogen (secondary N) is 2. The number of benzene rings is 1. The van der Waals surface area contributed by atoms with E-state index in [0.717, 1.165) is 11.4 Å². The van der Waals surface area contributed by atoms with Gasteiger partial charge >= 0.3 is 6.65 Å². The Labute approximate surface area is 142 Å². The Morgan fingerprint density at radius 3 is 2.39 bits per heavy atom. The summed E-state index contributed by atoms with van der Waals surface area (Å²) < 4.78 is 39.2. The van der Waals surface area contributed by atoms with E-state index in [1.807, 2.05) is 13.8 Å². The molecule has 0 aliphatic rings. The summed E-state index contributed by atoms with van der Waals surface area (Å²) in [5.41, 5.74) is 0.326. The first kappa shape index (κ1) is 20.2. The average molecular weight is 378 g/mol. The Morgan fingerprint density at radius 2 is 1.87 bits per heavy atom. The molecule has 0 fully saturated rings. The smallest absolute Gasteiger partial charge is 0.282 e. The molecule has 1 amide bonds. The Balaban J connectivity index is 3.00. The average Bonchev–Trinajstić information content (AvgIpc) is 2.46. The van der Waals surface area contributed by atoms with Gasteiger partial charge in [0.15, 0.2) is 0 Å². The number of carbonyl (C=O) groups is 1. The highest BCUT2D eigenvalue weighted by molar-refractivity contribution is 8.58. The topological polar surface area (TPSA) is 92.3 Å². The van der Waals surface area contributed by atoms with Crippen LogP contribution in [-0.2, 0) is 14.6 Å². The number of carbonyl (C=O) groups excluding carboxylic acids is 1. The van der Waals surface area contributed by atoms with Crippen molar-refractivity contribution in [1.82, 2.24) is 9.58 Å². The van der Waals surface area contributed by atoms with Gasteiger partial charge in [0.1, 0.15) is 0 Å². The lowest BCUT2D eigenvalue weighted by atomic mass is 10.2. The predicted octanol–water partition coefficient (Wildman–Crippen LogP) is 3.39. The highest BCUT2D eigenvalue weighted by Gasteiger charge is 2.32. The molecular formula is C14H23N2O4PS2.